The number of carbonyl (C=O) groups is 3. The number of thiazole rings is 1. The van der Waals surface area contributed by atoms with Gasteiger partial charge in [-0.05, 0) is 69.6 Å². The van der Waals surface area contributed by atoms with Gasteiger partial charge in [0.15, 0.2) is 0 Å². The van der Waals surface area contributed by atoms with Crippen LogP contribution in [0.25, 0.3) is 0 Å². The van der Waals surface area contributed by atoms with Gasteiger partial charge in [0, 0.05) is 16.6 Å². The van der Waals surface area contributed by atoms with Crippen LogP contribution in [0.1, 0.15) is 100 Å². The zero-order chi connectivity index (χ0) is 30.2. The third kappa shape index (κ3) is 6.35. The normalized spacial score (nSPS) is 21.4. The van der Waals surface area contributed by atoms with E-state index < -0.39 is 40.9 Å². The van der Waals surface area contributed by atoms with Crippen LogP contribution < -0.4 is 4.74 Å². The summed E-state index contributed by atoms with van der Waals surface area (Å²) in [5.74, 6) is -1.64. The number of likely N-dealkylation sites (tertiary alicyclic amines) is 1. The predicted octanol–water partition coefficient (Wildman–Crippen LogP) is 6.26. The van der Waals surface area contributed by atoms with Crippen LogP contribution in [0.4, 0.5) is 0 Å². The molecule has 0 radical (unpaired) electrons. The first-order valence-corrected chi connectivity index (χ1v) is 14.5. The molecular formula is C31H44N2O6S. The summed E-state index contributed by atoms with van der Waals surface area (Å²) in [4.78, 5) is 49.3. The molecule has 0 saturated carbocycles. The molecule has 1 saturated heterocycles. The molecule has 1 fully saturated rings. The van der Waals surface area contributed by atoms with Gasteiger partial charge in [-0.1, -0.05) is 40.7 Å². The number of methoxy groups -OCH3 is 2. The highest BCUT2D eigenvalue weighted by Crippen LogP contribution is 2.52. The number of aryl methyl sites for hydroxylation is 1. The van der Waals surface area contributed by atoms with Crippen LogP contribution in [-0.2, 0) is 24.5 Å². The molecule has 220 valence electrons. The van der Waals surface area contributed by atoms with E-state index in [1.807, 2.05) is 26.8 Å². The number of nitrogens with zero attached hydrogens (tertiary/aromatic N) is 2. The summed E-state index contributed by atoms with van der Waals surface area (Å²) in [6.07, 6.45) is 2.09. The van der Waals surface area contributed by atoms with Gasteiger partial charge in [-0.3, -0.25) is 9.59 Å². The van der Waals surface area contributed by atoms with E-state index in [2.05, 4.69) is 25.8 Å². The zero-order valence-electron chi connectivity index (χ0n) is 25.7. The first-order valence-electron chi connectivity index (χ1n) is 13.7. The minimum atomic E-state index is -1.42. The maximum absolute atomic E-state index is 14.7. The van der Waals surface area contributed by atoms with E-state index in [1.165, 1.54) is 18.4 Å². The molecule has 0 spiro atoms. The molecule has 8 nitrogen and oxygen atoms in total. The lowest BCUT2D eigenvalue weighted by molar-refractivity contribution is -0.168. The van der Waals surface area contributed by atoms with Gasteiger partial charge in [-0.2, -0.15) is 0 Å². The Morgan fingerprint density at radius 3 is 2.25 bits per heavy atom. The maximum Gasteiger partial charge on any atom is 0.332 e. The molecule has 0 unspecified atom stereocenters. The first-order chi connectivity index (χ1) is 18.4. The van der Waals surface area contributed by atoms with E-state index in [-0.39, 0.29) is 17.8 Å². The molecule has 3 atom stereocenters. The second kappa shape index (κ2) is 11.5. The van der Waals surface area contributed by atoms with E-state index in [1.54, 1.807) is 51.1 Å². The lowest BCUT2D eigenvalue weighted by atomic mass is 9.83. The Labute approximate surface area is 242 Å². The molecule has 1 aromatic heterocycles. The number of carbonyl (C=O) groups excluding carboxylic acids is 3. The highest BCUT2D eigenvalue weighted by atomic mass is 32.1. The summed E-state index contributed by atoms with van der Waals surface area (Å²) in [5, 5.41) is 0.578. The van der Waals surface area contributed by atoms with E-state index in [4.69, 9.17) is 14.2 Å². The molecule has 1 amide bonds. The Balaban J connectivity index is 2.32. The number of ether oxygens (including phenoxy) is 3. The maximum atomic E-state index is 14.7. The van der Waals surface area contributed by atoms with Crippen molar-refractivity contribution in [1.82, 2.24) is 9.88 Å². The molecule has 0 aliphatic carbocycles. The average Bonchev–Trinajstić information content (AvgIpc) is 3.42. The molecule has 0 N–H and O–H groups in total. The van der Waals surface area contributed by atoms with Gasteiger partial charge < -0.3 is 19.1 Å². The van der Waals surface area contributed by atoms with E-state index in [9.17, 15) is 14.4 Å². The molecule has 1 aromatic carbocycles. The predicted molar refractivity (Wildman–Crippen MR) is 156 cm³/mol. The second-order valence-corrected chi connectivity index (χ2v) is 14.3. The molecule has 0 bridgehead atoms. The van der Waals surface area contributed by atoms with Gasteiger partial charge in [0.1, 0.15) is 21.9 Å². The van der Waals surface area contributed by atoms with Crippen LogP contribution in [0.5, 0.6) is 5.75 Å². The highest BCUT2D eigenvalue weighted by molar-refractivity contribution is 7.11. The van der Waals surface area contributed by atoms with Gasteiger partial charge in [0.05, 0.1) is 26.2 Å². The number of hydrogen-bond acceptors (Lipinski definition) is 8. The number of amides is 1. The summed E-state index contributed by atoms with van der Waals surface area (Å²) in [6, 6.07) is 4.56. The molecule has 40 heavy (non-hydrogen) atoms. The average molecular weight is 573 g/mol. The number of hydrogen-bond donors (Lipinski definition) is 0. The molecule has 1 aliphatic rings. The van der Waals surface area contributed by atoms with Gasteiger partial charge in [0.25, 0.3) is 5.91 Å². The number of aromatic nitrogens is 1. The summed E-state index contributed by atoms with van der Waals surface area (Å²) in [5.41, 5.74) is -1.13. The molecule has 9 heteroatoms. The zero-order valence-corrected chi connectivity index (χ0v) is 26.5. The van der Waals surface area contributed by atoms with Crippen molar-refractivity contribution >= 4 is 29.2 Å². The summed E-state index contributed by atoms with van der Waals surface area (Å²) < 4.78 is 16.9. The number of rotatable bonds is 7. The van der Waals surface area contributed by atoms with Gasteiger partial charge in [0.2, 0.25) is 0 Å². The third-order valence-corrected chi connectivity index (χ3v) is 8.06. The monoisotopic (exact) mass is 572 g/mol. The van der Waals surface area contributed by atoms with Crippen LogP contribution >= 0.6 is 11.3 Å². The van der Waals surface area contributed by atoms with Crippen molar-refractivity contribution in [2.24, 2.45) is 11.8 Å². The van der Waals surface area contributed by atoms with Crippen LogP contribution in [0.2, 0.25) is 0 Å². The van der Waals surface area contributed by atoms with Crippen molar-refractivity contribution in [2.45, 2.75) is 97.8 Å². The number of esters is 2. The quantitative estimate of drug-likeness (QED) is 0.361. The lowest BCUT2D eigenvalue weighted by Crippen LogP contribution is -2.56. The van der Waals surface area contributed by atoms with Crippen molar-refractivity contribution in [3.05, 3.63) is 45.4 Å². The van der Waals surface area contributed by atoms with Crippen LogP contribution in [0.3, 0.4) is 0 Å². The number of benzene rings is 1. The van der Waals surface area contributed by atoms with Crippen molar-refractivity contribution < 1.29 is 28.6 Å². The largest absolute Gasteiger partial charge is 0.496 e. The summed E-state index contributed by atoms with van der Waals surface area (Å²) in [6.45, 7) is 17.5. The molecule has 2 heterocycles. The van der Waals surface area contributed by atoms with E-state index in [0.29, 0.717) is 22.7 Å². The van der Waals surface area contributed by atoms with Crippen molar-refractivity contribution in [2.75, 3.05) is 14.2 Å². The Morgan fingerprint density at radius 1 is 1.12 bits per heavy atom. The smallest absolute Gasteiger partial charge is 0.332 e. The standard InChI is InChI=1S/C31H44N2O6S/c1-18(2)15-31(28(36)39-30(7,8)9)16-21(27(35)38-11)24(25-32-17-19(3)40-25)33(31)26(34)20-12-13-22(29(4,5)6)23(14-20)37-10/h12-14,17-18,21,24H,15-16H2,1-11H3/t21-,24+,31-/m0/s1. The first kappa shape index (κ1) is 31.6. The SMILES string of the molecule is COC(=O)[C@H]1C[C@@](CC(C)C)(C(=O)OC(C)(C)C)N(C(=O)c2ccc(C(C)(C)C)c(OC)c2)[C@H]1c1ncc(C)s1. The minimum Gasteiger partial charge on any atom is -0.496 e. The minimum absolute atomic E-state index is 0.00991. The Bertz CT molecular complexity index is 1260. The summed E-state index contributed by atoms with van der Waals surface area (Å²) >= 11 is 1.40. The summed E-state index contributed by atoms with van der Waals surface area (Å²) in [7, 11) is 2.90. The fraction of sp³-hybridized carbons (Fsp3) is 0.613. The van der Waals surface area contributed by atoms with Gasteiger partial charge in [-0.15, -0.1) is 11.3 Å². The third-order valence-electron chi connectivity index (χ3n) is 7.07. The van der Waals surface area contributed by atoms with Crippen LogP contribution in [0, 0.1) is 18.8 Å². The Kier molecular flexibility index (Phi) is 9.09. The fourth-order valence-electron chi connectivity index (χ4n) is 5.57. The van der Waals surface area contributed by atoms with Crippen molar-refractivity contribution in [1.29, 1.82) is 0 Å². The second-order valence-electron chi connectivity index (χ2n) is 13.1. The highest BCUT2D eigenvalue weighted by Gasteiger charge is 2.62. The molecular weight excluding hydrogens is 528 g/mol. The van der Waals surface area contributed by atoms with Gasteiger partial charge >= 0.3 is 11.9 Å². The molecule has 1 aliphatic heterocycles. The van der Waals surface area contributed by atoms with E-state index >= 15 is 0 Å². The Morgan fingerprint density at radius 2 is 1.77 bits per heavy atom. The Hall–Kier alpha value is -2.94. The molecule has 2 aromatic rings. The molecule has 3 rings (SSSR count). The van der Waals surface area contributed by atoms with E-state index in [0.717, 1.165) is 10.4 Å². The lowest BCUT2D eigenvalue weighted by Gasteiger charge is -2.41. The van der Waals surface area contributed by atoms with Crippen molar-refractivity contribution in [3.8, 4) is 5.75 Å². The van der Waals surface area contributed by atoms with Crippen LogP contribution in [0.15, 0.2) is 24.4 Å². The fourth-order valence-corrected chi connectivity index (χ4v) is 6.50. The topological polar surface area (TPSA) is 95.0 Å². The van der Waals surface area contributed by atoms with Crippen molar-refractivity contribution in [3.63, 3.8) is 0 Å². The van der Waals surface area contributed by atoms with Crippen LogP contribution in [-0.4, -0.2) is 53.1 Å². The van der Waals surface area contributed by atoms with Gasteiger partial charge in [-0.25, -0.2) is 9.78 Å².